The van der Waals surface area contributed by atoms with E-state index in [0.29, 0.717) is 6.42 Å². The third-order valence-corrected chi connectivity index (χ3v) is 6.02. The van der Waals surface area contributed by atoms with E-state index in [2.05, 4.69) is 46.8 Å². The summed E-state index contributed by atoms with van der Waals surface area (Å²) in [6, 6.07) is 8.56. The molecule has 0 aliphatic heterocycles. The van der Waals surface area contributed by atoms with Gasteiger partial charge in [0, 0.05) is 36.6 Å². The Morgan fingerprint density at radius 3 is 2.73 bits per heavy atom. The zero-order valence-electron chi connectivity index (χ0n) is 14.8. The first-order chi connectivity index (χ1) is 12.6. The highest BCUT2D eigenvalue weighted by Gasteiger charge is 2.12. The van der Waals surface area contributed by atoms with Crippen molar-refractivity contribution in [3.05, 3.63) is 46.7 Å². The normalized spacial score (nSPS) is 11.0. The number of hydrogen-bond donors (Lipinski definition) is 1. The lowest BCUT2D eigenvalue weighted by molar-refractivity contribution is -0.118. The van der Waals surface area contributed by atoms with Crippen LogP contribution in [-0.2, 0) is 30.4 Å². The van der Waals surface area contributed by atoms with E-state index in [9.17, 15) is 4.79 Å². The third kappa shape index (κ3) is 4.50. The summed E-state index contributed by atoms with van der Waals surface area (Å²) in [4.78, 5) is 15.6. The van der Waals surface area contributed by atoms with Crippen molar-refractivity contribution < 1.29 is 4.79 Å². The fourth-order valence-corrected chi connectivity index (χ4v) is 4.20. The molecule has 2 heterocycles. The lowest BCUT2D eigenvalue weighted by Gasteiger charge is -2.02. The number of carbonyl (C=O) groups is 1. The maximum Gasteiger partial charge on any atom is 0.217 e. The molecule has 0 fully saturated rings. The number of thiazole rings is 1. The van der Waals surface area contributed by atoms with Crippen LogP contribution in [0, 0.1) is 0 Å². The summed E-state index contributed by atoms with van der Waals surface area (Å²) in [6.07, 6.45) is 1.83. The number of benzene rings is 1. The molecule has 1 aromatic carbocycles. The van der Waals surface area contributed by atoms with Gasteiger partial charge in [0.1, 0.15) is 10.8 Å². The molecule has 0 saturated heterocycles. The van der Waals surface area contributed by atoms with Gasteiger partial charge in [0.25, 0.3) is 0 Å². The van der Waals surface area contributed by atoms with Crippen LogP contribution in [0.5, 0.6) is 0 Å². The second-order valence-electron chi connectivity index (χ2n) is 5.91. The Labute approximate surface area is 160 Å². The second-order valence-corrected chi connectivity index (χ2v) is 7.71. The minimum Gasteiger partial charge on any atom is -0.370 e. The molecule has 8 heteroatoms. The minimum atomic E-state index is -0.329. The number of primary amides is 1. The van der Waals surface area contributed by atoms with Gasteiger partial charge in [0.05, 0.1) is 5.69 Å². The van der Waals surface area contributed by atoms with Gasteiger partial charge in [-0.1, -0.05) is 43.0 Å². The summed E-state index contributed by atoms with van der Waals surface area (Å²) in [5.74, 6) is 1.16. The minimum absolute atomic E-state index is 0.281. The number of nitrogens with two attached hydrogens (primary N) is 1. The average molecular weight is 388 g/mol. The fraction of sp³-hybridized carbons (Fsp3) is 0.333. The van der Waals surface area contributed by atoms with Gasteiger partial charge in [-0.2, -0.15) is 0 Å². The quantitative estimate of drug-likeness (QED) is 0.600. The second kappa shape index (κ2) is 8.46. The summed E-state index contributed by atoms with van der Waals surface area (Å²) >= 11 is 3.24. The first-order valence-corrected chi connectivity index (χ1v) is 10.3. The van der Waals surface area contributed by atoms with Crippen LogP contribution in [0.15, 0.2) is 34.8 Å². The van der Waals surface area contributed by atoms with Crippen molar-refractivity contribution in [1.29, 1.82) is 0 Å². The van der Waals surface area contributed by atoms with Gasteiger partial charge in [-0.25, -0.2) is 4.98 Å². The molecular weight excluding hydrogens is 366 g/mol. The summed E-state index contributed by atoms with van der Waals surface area (Å²) in [6.45, 7) is 2.15. The third-order valence-electron chi connectivity index (χ3n) is 4.03. The number of thioether (sulfide) groups is 1. The molecule has 1 amide bonds. The Bertz CT molecular complexity index is 885. The highest BCUT2D eigenvalue weighted by Crippen LogP contribution is 2.27. The Balaban J connectivity index is 1.62. The van der Waals surface area contributed by atoms with Gasteiger partial charge < -0.3 is 10.3 Å². The molecule has 136 valence electrons. The summed E-state index contributed by atoms with van der Waals surface area (Å²) in [5, 5.41) is 12.3. The van der Waals surface area contributed by atoms with Crippen LogP contribution in [-0.4, -0.2) is 25.7 Å². The summed E-state index contributed by atoms with van der Waals surface area (Å²) < 4.78 is 1.91. The number of nitrogens with zero attached hydrogens (tertiary/aromatic N) is 4. The molecule has 0 saturated carbocycles. The van der Waals surface area contributed by atoms with Crippen molar-refractivity contribution in [2.75, 3.05) is 0 Å². The molecule has 0 radical (unpaired) electrons. The molecule has 0 atom stereocenters. The average Bonchev–Trinajstić information content (AvgIpc) is 3.25. The van der Waals surface area contributed by atoms with Crippen LogP contribution >= 0.6 is 23.1 Å². The molecule has 0 aliphatic rings. The van der Waals surface area contributed by atoms with Crippen LogP contribution in [0.25, 0.3) is 10.6 Å². The molecule has 0 bridgehead atoms. The number of carbonyl (C=O) groups excluding carboxylic acids is 1. The maximum absolute atomic E-state index is 10.9. The number of rotatable bonds is 8. The molecule has 2 N–H and O–H groups in total. The molecule has 3 rings (SSSR count). The molecule has 2 aromatic heterocycles. The van der Waals surface area contributed by atoms with E-state index < -0.39 is 0 Å². The Morgan fingerprint density at radius 2 is 2.04 bits per heavy atom. The molecule has 0 spiro atoms. The van der Waals surface area contributed by atoms with Gasteiger partial charge in [0.15, 0.2) is 5.16 Å². The van der Waals surface area contributed by atoms with E-state index in [1.165, 1.54) is 5.56 Å². The molecule has 0 unspecified atom stereocenters. The van der Waals surface area contributed by atoms with E-state index in [0.717, 1.165) is 39.4 Å². The molecule has 0 aliphatic carbocycles. The largest absolute Gasteiger partial charge is 0.370 e. The smallest absolute Gasteiger partial charge is 0.217 e. The van der Waals surface area contributed by atoms with E-state index >= 15 is 0 Å². The van der Waals surface area contributed by atoms with E-state index in [4.69, 9.17) is 10.7 Å². The van der Waals surface area contributed by atoms with Gasteiger partial charge in [-0.15, -0.1) is 21.5 Å². The highest BCUT2D eigenvalue weighted by atomic mass is 32.2. The predicted octanol–water partition coefficient (Wildman–Crippen LogP) is 3.21. The lowest BCUT2D eigenvalue weighted by Crippen LogP contribution is -2.12. The Morgan fingerprint density at radius 1 is 1.27 bits per heavy atom. The first-order valence-electron chi connectivity index (χ1n) is 8.40. The van der Waals surface area contributed by atoms with Crippen molar-refractivity contribution in [2.45, 2.75) is 37.1 Å². The maximum atomic E-state index is 10.9. The van der Waals surface area contributed by atoms with Crippen molar-refractivity contribution >= 4 is 29.0 Å². The van der Waals surface area contributed by atoms with Crippen LogP contribution < -0.4 is 5.73 Å². The molecular formula is C18H21N5OS2. The molecule has 3 aromatic rings. The Kier molecular flexibility index (Phi) is 6.05. The monoisotopic (exact) mass is 387 g/mol. The lowest BCUT2D eigenvalue weighted by atomic mass is 10.1. The van der Waals surface area contributed by atoms with Crippen molar-refractivity contribution in [1.82, 2.24) is 19.7 Å². The number of amides is 1. The van der Waals surface area contributed by atoms with Crippen molar-refractivity contribution in [3.63, 3.8) is 0 Å². The van der Waals surface area contributed by atoms with Gasteiger partial charge in [-0.3, -0.25) is 4.79 Å². The zero-order valence-corrected chi connectivity index (χ0v) is 16.4. The predicted molar refractivity (Wildman–Crippen MR) is 105 cm³/mol. The number of aromatic nitrogens is 4. The van der Waals surface area contributed by atoms with Crippen LogP contribution in [0.3, 0.4) is 0 Å². The number of aryl methyl sites for hydroxylation is 2. The van der Waals surface area contributed by atoms with E-state index in [-0.39, 0.29) is 12.3 Å². The van der Waals surface area contributed by atoms with E-state index in [1.54, 1.807) is 23.1 Å². The van der Waals surface area contributed by atoms with Crippen LogP contribution in [0.1, 0.15) is 30.4 Å². The van der Waals surface area contributed by atoms with Gasteiger partial charge in [-0.05, 0) is 12.0 Å². The van der Waals surface area contributed by atoms with Crippen LogP contribution in [0.2, 0.25) is 0 Å². The van der Waals surface area contributed by atoms with E-state index in [1.807, 2.05) is 11.6 Å². The standard InChI is InChI=1S/C18H21N5OS2/c1-3-12-4-6-13(7-5-12)17-20-14(10-25-17)11-26-18-22-21-16(23(18)2)9-8-15(19)24/h4-7,10H,3,8-9,11H2,1-2H3,(H2,19,24). The SMILES string of the molecule is CCc1ccc(-c2nc(CSc3nnc(CCC(N)=O)n3C)cs2)cc1. The van der Waals surface area contributed by atoms with Crippen molar-refractivity contribution in [3.8, 4) is 10.6 Å². The van der Waals surface area contributed by atoms with Gasteiger partial charge >= 0.3 is 0 Å². The topological polar surface area (TPSA) is 86.7 Å². The summed E-state index contributed by atoms with van der Waals surface area (Å²) in [7, 11) is 1.90. The van der Waals surface area contributed by atoms with Gasteiger partial charge in [0.2, 0.25) is 5.91 Å². The Hall–Kier alpha value is -2.19. The zero-order chi connectivity index (χ0) is 18.5. The van der Waals surface area contributed by atoms with Crippen molar-refractivity contribution in [2.24, 2.45) is 12.8 Å². The number of hydrogen-bond acceptors (Lipinski definition) is 6. The summed E-state index contributed by atoms with van der Waals surface area (Å²) in [5.41, 5.74) is 8.69. The molecule has 6 nitrogen and oxygen atoms in total. The first kappa shape index (κ1) is 18.6. The fourth-order valence-electron chi connectivity index (χ4n) is 2.45. The van der Waals surface area contributed by atoms with Crippen LogP contribution in [0.4, 0.5) is 0 Å². The highest BCUT2D eigenvalue weighted by molar-refractivity contribution is 7.98. The molecule has 26 heavy (non-hydrogen) atoms.